The number of piperidine rings is 2. The van der Waals surface area contributed by atoms with Crippen molar-refractivity contribution in [2.75, 3.05) is 44.7 Å². The highest BCUT2D eigenvalue weighted by molar-refractivity contribution is 5.94. The van der Waals surface area contributed by atoms with Crippen LogP contribution >= 0.6 is 0 Å². The fourth-order valence-electron chi connectivity index (χ4n) is 5.22. The van der Waals surface area contributed by atoms with Crippen molar-refractivity contribution in [2.45, 2.75) is 57.3 Å². The quantitative estimate of drug-likeness (QED) is 0.675. The molecule has 0 unspecified atom stereocenters. The third kappa shape index (κ3) is 6.16. The summed E-state index contributed by atoms with van der Waals surface area (Å²) in [7, 11) is 2.15. The highest BCUT2D eigenvalue weighted by Gasteiger charge is 2.27. The predicted molar refractivity (Wildman–Crippen MR) is 136 cm³/mol. The molecule has 2 aromatic rings. The lowest BCUT2D eigenvalue weighted by atomic mass is 10.00. The lowest BCUT2D eigenvalue weighted by Gasteiger charge is -2.39. The molecule has 2 saturated heterocycles. The van der Waals surface area contributed by atoms with Gasteiger partial charge >= 0.3 is 0 Å². The van der Waals surface area contributed by atoms with Gasteiger partial charge in [-0.1, -0.05) is 24.3 Å². The summed E-state index contributed by atoms with van der Waals surface area (Å²) >= 11 is 0. The molecule has 2 aliphatic rings. The number of rotatable bonds is 6. The van der Waals surface area contributed by atoms with E-state index >= 15 is 0 Å². The monoisotopic (exact) mass is 467 g/mol. The summed E-state index contributed by atoms with van der Waals surface area (Å²) in [4.78, 5) is 19.1. The average Bonchev–Trinajstić information content (AvgIpc) is 2.83. The first-order valence-corrected chi connectivity index (χ1v) is 12.5. The molecule has 1 amide bonds. The molecule has 184 valence electrons. The molecule has 0 aromatic heterocycles. The topological polar surface area (TPSA) is 47.0 Å². The van der Waals surface area contributed by atoms with Crippen molar-refractivity contribution >= 4 is 11.6 Å². The maximum absolute atomic E-state index is 14.0. The summed E-state index contributed by atoms with van der Waals surface area (Å²) in [5, 5.41) is 9.85. The number of hydrogen-bond donors (Lipinski definition) is 1. The molecule has 2 fully saturated rings. The van der Waals surface area contributed by atoms with Gasteiger partial charge in [-0.2, -0.15) is 0 Å². The summed E-state index contributed by atoms with van der Waals surface area (Å²) in [5.74, 6) is -0.0107. The number of carbonyl (C=O) groups is 1. The van der Waals surface area contributed by atoms with Gasteiger partial charge in [0.25, 0.3) is 5.91 Å². The van der Waals surface area contributed by atoms with Crippen molar-refractivity contribution in [3.63, 3.8) is 0 Å². The molecule has 0 aliphatic carbocycles. The SMILES string of the molecule is CN(c1ccc(-c2ccc(C(=O)N3CCC[C@@H](O)C3)cc2)cc1)C1CCN(CC(C)(C)F)CC1. The van der Waals surface area contributed by atoms with Gasteiger partial charge in [0.1, 0.15) is 5.67 Å². The number of alkyl halides is 1. The molecule has 0 saturated carbocycles. The van der Waals surface area contributed by atoms with E-state index in [0.29, 0.717) is 31.2 Å². The van der Waals surface area contributed by atoms with E-state index in [1.165, 1.54) is 5.69 Å². The first-order chi connectivity index (χ1) is 16.2. The van der Waals surface area contributed by atoms with E-state index in [1.54, 1.807) is 18.7 Å². The van der Waals surface area contributed by atoms with Crippen molar-refractivity contribution in [3.8, 4) is 11.1 Å². The Hall–Kier alpha value is -2.44. The van der Waals surface area contributed by atoms with Crippen LogP contribution in [0.25, 0.3) is 11.1 Å². The zero-order chi connectivity index (χ0) is 24.3. The fraction of sp³-hybridized carbons (Fsp3) is 0.536. The standard InChI is InChI=1S/C28H38FN3O2/c1-28(2,29)20-31-17-14-25(15-18-31)30(3)24-12-10-22(11-13-24)21-6-8-23(9-7-21)27(34)32-16-4-5-26(33)19-32/h6-13,25-26,33H,4-5,14-20H2,1-3H3/t26-/m1/s1. The number of carbonyl (C=O) groups excluding carboxylic acids is 1. The lowest BCUT2D eigenvalue weighted by Crippen LogP contribution is -2.46. The molecule has 5 nitrogen and oxygen atoms in total. The van der Waals surface area contributed by atoms with E-state index in [0.717, 1.165) is 49.9 Å². The number of β-amino-alcohol motifs (C(OH)–C–C–N with tert-alkyl or cyclic N) is 1. The fourth-order valence-corrected chi connectivity index (χ4v) is 5.22. The molecule has 2 aliphatic heterocycles. The molecule has 34 heavy (non-hydrogen) atoms. The van der Waals surface area contributed by atoms with Gasteiger partial charge in [-0.25, -0.2) is 4.39 Å². The van der Waals surface area contributed by atoms with Crippen molar-refractivity contribution in [1.29, 1.82) is 0 Å². The van der Waals surface area contributed by atoms with Crippen LogP contribution in [0.2, 0.25) is 0 Å². The summed E-state index contributed by atoms with van der Waals surface area (Å²) in [6.07, 6.45) is 3.28. The zero-order valence-electron chi connectivity index (χ0n) is 20.7. The lowest BCUT2D eigenvalue weighted by molar-refractivity contribution is 0.0474. The van der Waals surface area contributed by atoms with Gasteiger partial charge in [0.2, 0.25) is 0 Å². The molecule has 0 bridgehead atoms. The first kappa shape index (κ1) is 24.7. The van der Waals surface area contributed by atoms with Crippen LogP contribution in [0, 0.1) is 0 Å². The van der Waals surface area contributed by atoms with Crippen molar-refractivity contribution in [2.24, 2.45) is 0 Å². The molecule has 2 heterocycles. The van der Waals surface area contributed by atoms with Crippen LogP contribution in [0.4, 0.5) is 10.1 Å². The molecular weight excluding hydrogens is 429 g/mol. The molecule has 2 aromatic carbocycles. The summed E-state index contributed by atoms with van der Waals surface area (Å²) in [6.45, 7) is 6.80. The van der Waals surface area contributed by atoms with Gasteiger partial charge in [-0.3, -0.25) is 4.79 Å². The van der Waals surface area contributed by atoms with Gasteiger partial charge in [0, 0.05) is 57.1 Å². The van der Waals surface area contributed by atoms with Crippen LogP contribution in [0.15, 0.2) is 48.5 Å². The highest BCUT2D eigenvalue weighted by atomic mass is 19.1. The third-order valence-corrected chi connectivity index (χ3v) is 7.13. The maximum Gasteiger partial charge on any atom is 0.253 e. The number of aliphatic hydroxyl groups excluding tert-OH is 1. The first-order valence-electron chi connectivity index (χ1n) is 12.5. The second-order valence-corrected chi connectivity index (χ2v) is 10.5. The number of aliphatic hydroxyl groups is 1. The van der Waals surface area contributed by atoms with Gasteiger partial charge in [0.15, 0.2) is 0 Å². The van der Waals surface area contributed by atoms with E-state index in [-0.39, 0.29) is 5.91 Å². The van der Waals surface area contributed by atoms with Gasteiger partial charge in [0.05, 0.1) is 6.10 Å². The number of anilines is 1. The Balaban J connectivity index is 1.35. The molecular formula is C28H38FN3O2. The zero-order valence-corrected chi connectivity index (χ0v) is 20.7. The highest BCUT2D eigenvalue weighted by Crippen LogP contribution is 2.27. The minimum atomic E-state index is -1.14. The van der Waals surface area contributed by atoms with Crippen LogP contribution in [-0.2, 0) is 0 Å². The molecule has 1 N–H and O–H groups in total. The molecule has 0 radical (unpaired) electrons. The number of halogens is 1. The van der Waals surface area contributed by atoms with Gasteiger partial charge in [-0.15, -0.1) is 0 Å². The Morgan fingerprint density at radius 2 is 1.59 bits per heavy atom. The summed E-state index contributed by atoms with van der Waals surface area (Å²) in [5.41, 5.74) is 2.90. The largest absolute Gasteiger partial charge is 0.391 e. The van der Waals surface area contributed by atoms with Crippen LogP contribution in [0.5, 0.6) is 0 Å². The Kier molecular flexibility index (Phi) is 7.58. The van der Waals surface area contributed by atoms with Crippen molar-refractivity contribution in [3.05, 3.63) is 54.1 Å². The Morgan fingerprint density at radius 3 is 2.15 bits per heavy atom. The third-order valence-electron chi connectivity index (χ3n) is 7.13. The summed E-state index contributed by atoms with van der Waals surface area (Å²) < 4.78 is 14.0. The second-order valence-electron chi connectivity index (χ2n) is 10.5. The van der Waals surface area contributed by atoms with Gasteiger partial charge in [-0.05, 0) is 74.9 Å². The number of nitrogens with zero attached hydrogens (tertiary/aromatic N) is 3. The van der Waals surface area contributed by atoms with E-state index in [2.05, 4.69) is 41.1 Å². The molecule has 6 heteroatoms. The van der Waals surface area contributed by atoms with Crippen LogP contribution in [0.3, 0.4) is 0 Å². The smallest absolute Gasteiger partial charge is 0.253 e. The molecule has 4 rings (SSSR count). The Bertz CT molecular complexity index is 947. The normalized spacial score (nSPS) is 20.4. The minimum absolute atomic E-state index is 0.0107. The summed E-state index contributed by atoms with van der Waals surface area (Å²) in [6, 6.07) is 16.8. The maximum atomic E-state index is 14.0. The number of benzene rings is 2. The number of hydrogen-bond acceptors (Lipinski definition) is 4. The van der Waals surface area contributed by atoms with Crippen molar-refractivity contribution < 1.29 is 14.3 Å². The van der Waals surface area contributed by atoms with E-state index in [4.69, 9.17) is 0 Å². The van der Waals surface area contributed by atoms with Crippen LogP contribution in [0.1, 0.15) is 49.9 Å². The Labute approximate surface area is 203 Å². The Morgan fingerprint density at radius 1 is 1.00 bits per heavy atom. The van der Waals surface area contributed by atoms with E-state index in [9.17, 15) is 14.3 Å². The minimum Gasteiger partial charge on any atom is -0.391 e. The number of likely N-dealkylation sites (tertiary alicyclic amines) is 2. The number of amides is 1. The average molecular weight is 468 g/mol. The van der Waals surface area contributed by atoms with Crippen LogP contribution in [-0.4, -0.2) is 78.4 Å². The van der Waals surface area contributed by atoms with Gasteiger partial charge < -0.3 is 19.8 Å². The molecule has 1 atom stereocenters. The van der Waals surface area contributed by atoms with E-state index in [1.807, 2.05) is 24.3 Å². The van der Waals surface area contributed by atoms with Crippen LogP contribution < -0.4 is 4.90 Å². The van der Waals surface area contributed by atoms with Crippen molar-refractivity contribution in [1.82, 2.24) is 9.80 Å². The second kappa shape index (κ2) is 10.4. The predicted octanol–water partition coefficient (Wildman–Crippen LogP) is 4.60. The van der Waals surface area contributed by atoms with E-state index < -0.39 is 11.8 Å². The molecule has 0 spiro atoms.